The molecule has 0 heterocycles. The minimum atomic E-state index is -0.172. The second kappa shape index (κ2) is 5.44. The molecule has 1 atom stereocenters. The van der Waals surface area contributed by atoms with Crippen molar-refractivity contribution in [1.29, 1.82) is 5.26 Å². The second-order valence-corrected chi connectivity index (χ2v) is 6.65. The summed E-state index contributed by atoms with van der Waals surface area (Å²) in [5, 5.41) is 19.7. The molecule has 4 heteroatoms. The number of ketones is 1. The molecule has 0 saturated carbocycles. The smallest absolute Gasteiger partial charge is 0.173 e. The molecule has 2 aliphatic rings. The number of benzene rings is 1. The van der Waals surface area contributed by atoms with Crippen LogP contribution in [0.25, 0.3) is 5.57 Å². The quantitative estimate of drug-likeness (QED) is 0.898. The number of Topliss-reactive ketones (excluding diaryl/α,β-unsaturated/α-hetero) is 1. The lowest BCUT2D eigenvalue weighted by Crippen LogP contribution is -2.28. The monoisotopic (exact) mass is 315 g/mol. The van der Waals surface area contributed by atoms with Crippen LogP contribution in [0.2, 0.25) is 5.02 Å². The molecule has 22 heavy (non-hydrogen) atoms. The summed E-state index contributed by atoms with van der Waals surface area (Å²) in [6, 6.07) is 5.48. The summed E-state index contributed by atoms with van der Waals surface area (Å²) >= 11 is 6.29. The summed E-state index contributed by atoms with van der Waals surface area (Å²) < 4.78 is 0. The molecule has 0 amide bonds. The van der Waals surface area contributed by atoms with Gasteiger partial charge in [-0.2, -0.15) is 5.26 Å². The zero-order valence-electron chi connectivity index (χ0n) is 12.6. The average Bonchev–Trinajstić information content (AvgIpc) is 2.85. The number of allylic oxidation sites excluding steroid dienone is 2. The fourth-order valence-corrected chi connectivity index (χ4v) is 4.16. The van der Waals surface area contributed by atoms with E-state index in [-0.39, 0.29) is 16.9 Å². The van der Waals surface area contributed by atoms with E-state index in [4.69, 9.17) is 11.6 Å². The summed E-state index contributed by atoms with van der Waals surface area (Å²) in [6.07, 6.45) is 4.96. The summed E-state index contributed by atoms with van der Waals surface area (Å²) in [4.78, 5) is 12.2. The van der Waals surface area contributed by atoms with E-state index in [1.54, 1.807) is 12.1 Å². The number of fused-ring (bicyclic) bond motifs is 3. The van der Waals surface area contributed by atoms with Gasteiger partial charge in [0.1, 0.15) is 11.8 Å². The van der Waals surface area contributed by atoms with Crippen LogP contribution in [0.3, 0.4) is 0 Å². The maximum atomic E-state index is 12.2. The van der Waals surface area contributed by atoms with Crippen molar-refractivity contribution in [3.8, 4) is 11.8 Å². The van der Waals surface area contributed by atoms with Crippen LogP contribution in [-0.2, 0) is 11.2 Å². The van der Waals surface area contributed by atoms with Crippen molar-refractivity contribution in [1.82, 2.24) is 0 Å². The molecule has 3 rings (SSSR count). The van der Waals surface area contributed by atoms with Crippen molar-refractivity contribution >= 4 is 23.0 Å². The number of phenols is 1. The number of halogens is 1. The molecule has 1 aromatic rings. The molecule has 1 aromatic carbocycles. The lowest BCUT2D eigenvalue weighted by atomic mass is 9.67. The Kier molecular flexibility index (Phi) is 3.74. The van der Waals surface area contributed by atoms with Gasteiger partial charge in [0.05, 0.1) is 10.6 Å². The first-order valence-corrected chi connectivity index (χ1v) is 8.10. The maximum absolute atomic E-state index is 12.2. The first-order chi connectivity index (χ1) is 10.5. The molecule has 0 bridgehead atoms. The lowest BCUT2D eigenvalue weighted by molar-refractivity contribution is -0.116. The zero-order valence-corrected chi connectivity index (χ0v) is 13.3. The number of carbonyl (C=O) groups is 1. The molecule has 114 valence electrons. The van der Waals surface area contributed by atoms with Gasteiger partial charge in [-0.3, -0.25) is 4.79 Å². The SMILES string of the molecule is CCCCC12CCC(=O)C(C#N)=C1c1ccc(O)c(Cl)c1C2. The number of carbonyl (C=O) groups excluding carboxylic acids is 1. The van der Waals surface area contributed by atoms with E-state index < -0.39 is 0 Å². The zero-order chi connectivity index (χ0) is 15.9. The van der Waals surface area contributed by atoms with Crippen LogP contribution in [-0.4, -0.2) is 10.9 Å². The fourth-order valence-electron chi connectivity index (χ4n) is 3.93. The van der Waals surface area contributed by atoms with Crippen LogP contribution in [0.4, 0.5) is 0 Å². The van der Waals surface area contributed by atoms with Crippen LogP contribution in [0.5, 0.6) is 5.75 Å². The average molecular weight is 316 g/mol. The highest BCUT2D eigenvalue weighted by atomic mass is 35.5. The van der Waals surface area contributed by atoms with Gasteiger partial charge in [0.2, 0.25) is 0 Å². The first-order valence-electron chi connectivity index (χ1n) is 7.73. The molecule has 0 spiro atoms. The van der Waals surface area contributed by atoms with E-state index in [2.05, 4.69) is 13.0 Å². The van der Waals surface area contributed by atoms with Gasteiger partial charge in [0.25, 0.3) is 0 Å². The molecule has 0 aromatic heterocycles. The first kappa shape index (κ1) is 15.1. The number of nitrogens with zero attached hydrogens (tertiary/aromatic N) is 1. The van der Waals surface area contributed by atoms with Crippen molar-refractivity contribution in [3.63, 3.8) is 0 Å². The van der Waals surface area contributed by atoms with Gasteiger partial charge in [-0.1, -0.05) is 37.4 Å². The summed E-state index contributed by atoms with van der Waals surface area (Å²) in [5.41, 5.74) is 2.76. The van der Waals surface area contributed by atoms with Gasteiger partial charge >= 0.3 is 0 Å². The predicted octanol–water partition coefficient (Wildman–Crippen LogP) is 4.42. The fraction of sp³-hybridized carbons (Fsp3) is 0.444. The number of nitriles is 1. The minimum Gasteiger partial charge on any atom is -0.506 e. The van der Waals surface area contributed by atoms with Gasteiger partial charge in [0, 0.05) is 11.8 Å². The Balaban J connectivity index is 2.25. The maximum Gasteiger partial charge on any atom is 0.173 e. The Labute approximate surface area is 135 Å². The summed E-state index contributed by atoms with van der Waals surface area (Å²) in [7, 11) is 0. The highest BCUT2D eigenvalue weighted by Crippen LogP contribution is 2.58. The van der Waals surface area contributed by atoms with Gasteiger partial charge in [-0.05, 0) is 42.0 Å². The number of hydrogen-bond donors (Lipinski definition) is 1. The molecule has 3 nitrogen and oxygen atoms in total. The van der Waals surface area contributed by atoms with Gasteiger partial charge in [0.15, 0.2) is 5.78 Å². The number of unbranched alkanes of at least 4 members (excludes halogenated alkanes) is 1. The van der Waals surface area contributed by atoms with Crippen molar-refractivity contribution in [3.05, 3.63) is 33.9 Å². The molecular formula is C18H18ClNO2. The largest absolute Gasteiger partial charge is 0.506 e. The van der Waals surface area contributed by atoms with Crippen molar-refractivity contribution < 1.29 is 9.90 Å². The Bertz CT molecular complexity index is 729. The van der Waals surface area contributed by atoms with Crippen LogP contribution in [0, 0.1) is 16.7 Å². The normalized spacial score (nSPS) is 23.2. The topological polar surface area (TPSA) is 61.1 Å². The Hall–Kier alpha value is -1.79. The molecular weight excluding hydrogens is 298 g/mol. The third-order valence-electron chi connectivity index (χ3n) is 5.02. The number of hydrogen-bond acceptors (Lipinski definition) is 3. The van der Waals surface area contributed by atoms with Crippen LogP contribution in [0.1, 0.15) is 50.2 Å². The number of phenolic OH excluding ortho intramolecular Hbond substituents is 1. The molecule has 0 saturated heterocycles. The van der Waals surface area contributed by atoms with Gasteiger partial charge in [-0.15, -0.1) is 0 Å². The second-order valence-electron chi connectivity index (χ2n) is 6.27. The molecule has 0 fully saturated rings. The number of aromatic hydroxyl groups is 1. The molecule has 0 radical (unpaired) electrons. The van der Waals surface area contributed by atoms with E-state index in [9.17, 15) is 15.2 Å². The van der Waals surface area contributed by atoms with E-state index in [1.807, 2.05) is 0 Å². The van der Waals surface area contributed by atoms with Gasteiger partial charge < -0.3 is 5.11 Å². The molecule has 1 N–H and O–H groups in total. The highest BCUT2D eigenvalue weighted by molar-refractivity contribution is 6.33. The van der Waals surface area contributed by atoms with Crippen LogP contribution in [0.15, 0.2) is 17.7 Å². The molecule has 0 aliphatic heterocycles. The van der Waals surface area contributed by atoms with Crippen LogP contribution < -0.4 is 0 Å². The Morgan fingerprint density at radius 2 is 2.23 bits per heavy atom. The predicted molar refractivity (Wildman–Crippen MR) is 85.6 cm³/mol. The Morgan fingerprint density at radius 3 is 2.91 bits per heavy atom. The summed E-state index contributed by atoms with van der Waals surface area (Å²) in [5.74, 6) is -0.00295. The van der Waals surface area contributed by atoms with Crippen molar-refractivity contribution in [2.45, 2.75) is 45.4 Å². The highest BCUT2D eigenvalue weighted by Gasteiger charge is 2.47. The third kappa shape index (κ3) is 2.06. The molecule has 2 aliphatic carbocycles. The molecule has 1 unspecified atom stereocenters. The van der Waals surface area contributed by atoms with E-state index in [1.165, 1.54) is 0 Å². The summed E-state index contributed by atoms with van der Waals surface area (Å²) in [6.45, 7) is 2.14. The van der Waals surface area contributed by atoms with E-state index >= 15 is 0 Å². The Morgan fingerprint density at radius 1 is 1.45 bits per heavy atom. The van der Waals surface area contributed by atoms with Gasteiger partial charge in [-0.25, -0.2) is 0 Å². The van der Waals surface area contributed by atoms with Crippen molar-refractivity contribution in [2.75, 3.05) is 0 Å². The third-order valence-corrected chi connectivity index (χ3v) is 5.44. The van der Waals surface area contributed by atoms with Crippen molar-refractivity contribution in [2.24, 2.45) is 5.41 Å². The standard InChI is InChI=1S/C18H18ClNO2/c1-2-3-7-18-8-6-14(21)13(10-20)16(18)11-4-5-15(22)17(19)12(11)9-18/h4-5,22H,2-3,6-9H2,1H3. The minimum absolute atomic E-state index is 0.0649. The van der Waals surface area contributed by atoms with E-state index in [0.717, 1.165) is 42.4 Å². The number of rotatable bonds is 3. The lowest BCUT2D eigenvalue weighted by Gasteiger charge is -2.35. The van der Waals surface area contributed by atoms with E-state index in [0.29, 0.717) is 23.4 Å². The van der Waals surface area contributed by atoms with Crippen LogP contribution >= 0.6 is 11.6 Å².